The number of aromatic nitrogens is 3. The Kier molecular flexibility index (Phi) is 4.16. The fourth-order valence-electron chi connectivity index (χ4n) is 2.40. The van der Waals surface area contributed by atoms with Gasteiger partial charge in [-0.2, -0.15) is 5.10 Å². The summed E-state index contributed by atoms with van der Waals surface area (Å²) in [5.41, 5.74) is 2.60. The van der Waals surface area contributed by atoms with Crippen LogP contribution in [0.25, 0.3) is 11.1 Å². The van der Waals surface area contributed by atoms with Crippen molar-refractivity contribution in [1.29, 1.82) is 0 Å². The molecule has 0 atom stereocenters. The summed E-state index contributed by atoms with van der Waals surface area (Å²) in [6.07, 6.45) is 2.34. The molecule has 0 radical (unpaired) electrons. The van der Waals surface area contributed by atoms with Crippen LogP contribution in [0.2, 0.25) is 0 Å². The summed E-state index contributed by atoms with van der Waals surface area (Å²) in [6, 6.07) is 6.84. The van der Waals surface area contributed by atoms with Crippen LogP contribution in [0, 0.1) is 6.92 Å². The van der Waals surface area contributed by atoms with Crippen molar-refractivity contribution >= 4 is 22.7 Å². The van der Waals surface area contributed by atoms with Gasteiger partial charge in [-0.05, 0) is 24.1 Å². The minimum atomic E-state index is -0.280. The van der Waals surface area contributed by atoms with Crippen LogP contribution in [0.5, 0.6) is 0 Å². The van der Waals surface area contributed by atoms with E-state index in [2.05, 4.69) is 10.1 Å². The SMILES string of the molecule is CCc1cnn(CC(=O)N(C)c2ccc3nc(C)oc3c2)c(=O)c1. The smallest absolute Gasteiger partial charge is 0.267 e. The fraction of sp³-hybridized carbons (Fsp3) is 0.294. The molecule has 7 nitrogen and oxygen atoms in total. The lowest BCUT2D eigenvalue weighted by molar-refractivity contribution is -0.119. The van der Waals surface area contributed by atoms with Crippen molar-refractivity contribution in [3.05, 3.63) is 52.3 Å². The predicted octanol–water partition coefficient (Wildman–Crippen LogP) is 1.92. The zero-order valence-electron chi connectivity index (χ0n) is 13.8. The maximum Gasteiger partial charge on any atom is 0.267 e. The molecule has 2 heterocycles. The Bertz CT molecular complexity index is 958. The summed E-state index contributed by atoms with van der Waals surface area (Å²) in [5.74, 6) is 0.326. The Morgan fingerprint density at radius 3 is 2.83 bits per heavy atom. The number of likely N-dealkylation sites (N-methyl/N-ethyl adjacent to an activating group) is 1. The summed E-state index contributed by atoms with van der Waals surface area (Å²) in [5, 5.41) is 4.05. The van der Waals surface area contributed by atoms with E-state index in [9.17, 15) is 9.59 Å². The third-order valence-corrected chi connectivity index (χ3v) is 3.86. The second kappa shape index (κ2) is 6.27. The van der Waals surface area contributed by atoms with Crippen LogP contribution >= 0.6 is 0 Å². The molecule has 2 aromatic heterocycles. The Morgan fingerprint density at radius 1 is 1.33 bits per heavy atom. The van der Waals surface area contributed by atoms with Crippen LogP contribution in [-0.2, 0) is 17.8 Å². The molecule has 3 rings (SSSR count). The normalized spacial score (nSPS) is 11.0. The first-order valence-corrected chi connectivity index (χ1v) is 7.67. The van der Waals surface area contributed by atoms with Gasteiger partial charge in [-0.15, -0.1) is 0 Å². The molecule has 0 saturated carbocycles. The highest BCUT2D eigenvalue weighted by atomic mass is 16.3. The van der Waals surface area contributed by atoms with Crippen molar-refractivity contribution < 1.29 is 9.21 Å². The van der Waals surface area contributed by atoms with Gasteiger partial charge in [0.2, 0.25) is 5.91 Å². The van der Waals surface area contributed by atoms with Gasteiger partial charge in [0.15, 0.2) is 11.5 Å². The fourth-order valence-corrected chi connectivity index (χ4v) is 2.40. The maximum absolute atomic E-state index is 12.4. The van der Waals surface area contributed by atoms with E-state index in [0.717, 1.165) is 22.2 Å². The van der Waals surface area contributed by atoms with Gasteiger partial charge in [0.25, 0.3) is 5.56 Å². The van der Waals surface area contributed by atoms with E-state index in [4.69, 9.17) is 4.42 Å². The molecule has 24 heavy (non-hydrogen) atoms. The minimum absolute atomic E-state index is 0.118. The minimum Gasteiger partial charge on any atom is -0.441 e. The van der Waals surface area contributed by atoms with Crippen LogP contribution in [0.4, 0.5) is 5.69 Å². The molecular formula is C17H18N4O3. The molecule has 0 aliphatic rings. The van der Waals surface area contributed by atoms with E-state index >= 15 is 0 Å². The molecule has 0 saturated heterocycles. The number of rotatable bonds is 4. The van der Waals surface area contributed by atoms with Crippen LogP contribution in [0.15, 0.2) is 39.7 Å². The van der Waals surface area contributed by atoms with Crippen molar-refractivity contribution in [2.75, 3.05) is 11.9 Å². The topological polar surface area (TPSA) is 81.2 Å². The van der Waals surface area contributed by atoms with Crippen LogP contribution in [0.1, 0.15) is 18.4 Å². The highest BCUT2D eigenvalue weighted by Crippen LogP contribution is 2.22. The number of hydrogen-bond acceptors (Lipinski definition) is 5. The third-order valence-electron chi connectivity index (χ3n) is 3.86. The van der Waals surface area contributed by atoms with E-state index in [1.54, 1.807) is 38.4 Å². The zero-order chi connectivity index (χ0) is 17.3. The number of oxazole rings is 1. The molecule has 0 spiro atoms. The lowest BCUT2D eigenvalue weighted by atomic mass is 10.2. The number of nitrogens with zero attached hydrogens (tertiary/aromatic N) is 4. The second-order valence-corrected chi connectivity index (χ2v) is 5.55. The van der Waals surface area contributed by atoms with E-state index in [0.29, 0.717) is 17.2 Å². The summed E-state index contributed by atoms with van der Waals surface area (Å²) < 4.78 is 6.65. The molecule has 0 aliphatic heterocycles. The first kappa shape index (κ1) is 15.9. The van der Waals surface area contributed by atoms with Gasteiger partial charge < -0.3 is 9.32 Å². The molecule has 0 aliphatic carbocycles. The van der Waals surface area contributed by atoms with Crippen molar-refractivity contribution in [2.24, 2.45) is 0 Å². The molecular weight excluding hydrogens is 308 g/mol. The van der Waals surface area contributed by atoms with Crippen molar-refractivity contribution in [3.8, 4) is 0 Å². The van der Waals surface area contributed by atoms with Crippen molar-refractivity contribution in [2.45, 2.75) is 26.8 Å². The molecule has 124 valence electrons. The van der Waals surface area contributed by atoms with Gasteiger partial charge in [-0.25, -0.2) is 9.67 Å². The van der Waals surface area contributed by atoms with E-state index in [1.165, 1.54) is 11.0 Å². The Balaban J connectivity index is 1.81. The second-order valence-electron chi connectivity index (χ2n) is 5.55. The number of hydrogen-bond donors (Lipinski definition) is 0. The average molecular weight is 326 g/mol. The van der Waals surface area contributed by atoms with E-state index in [-0.39, 0.29) is 18.0 Å². The lowest BCUT2D eigenvalue weighted by Gasteiger charge is -2.17. The average Bonchev–Trinajstić information content (AvgIpc) is 2.94. The maximum atomic E-state index is 12.4. The Hall–Kier alpha value is -2.96. The van der Waals surface area contributed by atoms with Gasteiger partial charge >= 0.3 is 0 Å². The number of amides is 1. The third kappa shape index (κ3) is 3.05. The van der Waals surface area contributed by atoms with Crippen molar-refractivity contribution in [1.82, 2.24) is 14.8 Å². The monoisotopic (exact) mass is 326 g/mol. The molecule has 0 fully saturated rings. The van der Waals surface area contributed by atoms with E-state index in [1.807, 2.05) is 6.92 Å². The van der Waals surface area contributed by atoms with Gasteiger partial charge in [0.1, 0.15) is 12.1 Å². The number of fused-ring (bicyclic) bond motifs is 1. The Morgan fingerprint density at radius 2 is 2.12 bits per heavy atom. The summed E-state index contributed by atoms with van der Waals surface area (Å²) in [7, 11) is 1.65. The molecule has 3 aromatic rings. The first-order chi connectivity index (χ1) is 11.5. The van der Waals surface area contributed by atoms with Crippen LogP contribution < -0.4 is 10.5 Å². The predicted molar refractivity (Wildman–Crippen MR) is 90.0 cm³/mol. The molecule has 1 amide bonds. The van der Waals surface area contributed by atoms with Crippen LogP contribution in [-0.4, -0.2) is 27.7 Å². The van der Waals surface area contributed by atoms with Gasteiger partial charge in [-0.1, -0.05) is 6.92 Å². The highest BCUT2D eigenvalue weighted by molar-refractivity contribution is 5.94. The van der Waals surface area contributed by atoms with Crippen molar-refractivity contribution in [3.63, 3.8) is 0 Å². The number of carbonyl (C=O) groups excluding carboxylic acids is 1. The summed E-state index contributed by atoms with van der Waals surface area (Å²) in [6.45, 7) is 3.60. The molecule has 0 N–H and O–H groups in total. The number of aryl methyl sites for hydroxylation is 2. The molecule has 7 heteroatoms. The zero-order valence-corrected chi connectivity index (χ0v) is 13.8. The standard InChI is InChI=1S/C17H18N4O3/c1-4-12-7-16(22)21(18-9-12)10-17(23)20(3)13-5-6-14-15(8-13)24-11(2)19-14/h5-9H,4,10H2,1-3H3. The quantitative estimate of drug-likeness (QED) is 0.731. The summed E-state index contributed by atoms with van der Waals surface area (Å²) >= 11 is 0. The molecule has 0 bridgehead atoms. The number of anilines is 1. The largest absolute Gasteiger partial charge is 0.441 e. The van der Waals surface area contributed by atoms with E-state index < -0.39 is 0 Å². The van der Waals surface area contributed by atoms with Gasteiger partial charge in [0, 0.05) is 31.8 Å². The molecule has 1 aromatic carbocycles. The molecule has 0 unspecified atom stereocenters. The highest BCUT2D eigenvalue weighted by Gasteiger charge is 2.15. The van der Waals surface area contributed by atoms with Crippen LogP contribution in [0.3, 0.4) is 0 Å². The van der Waals surface area contributed by atoms with Gasteiger partial charge in [-0.3, -0.25) is 9.59 Å². The van der Waals surface area contributed by atoms with Gasteiger partial charge in [0.05, 0.1) is 6.20 Å². The Labute approximate surface area is 138 Å². The first-order valence-electron chi connectivity index (χ1n) is 7.67. The lowest BCUT2D eigenvalue weighted by Crippen LogP contribution is -2.35. The summed E-state index contributed by atoms with van der Waals surface area (Å²) in [4.78, 5) is 30.1. The number of carbonyl (C=O) groups is 1. The number of benzene rings is 1.